The molecule has 0 unspecified atom stereocenters. The van der Waals surface area contributed by atoms with Crippen LogP contribution in [-0.2, 0) is 4.79 Å². The van der Waals surface area contributed by atoms with E-state index in [1.165, 1.54) is 11.8 Å². The van der Waals surface area contributed by atoms with Crippen molar-refractivity contribution < 1.29 is 9.32 Å². The van der Waals surface area contributed by atoms with Crippen LogP contribution < -0.4 is 5.32 Å². The Morgan fingerprint density at radius 2 is 2.00 bits per heavy atom. The van der Waals surface area contributed by atoms with Crippen LogP contribution in [0.1, 0.15) is 22.8 Å². The number of carbonyl (C=O) groups is 1. The highest BCUT2D eigenvalue weighted by atomic mass is 32.2. The summed E-state index contributed by atoms with van der Waals surface area (Å²) in [7, 11) is 0. The lowest BCUT2D eigenvalue weighted by Crippen LogP contribution is -2.14. The van der Waals surface area contributed by atoms with Crippen molar-refractivity contribution in [3.05, 3.63) is 22.8 Å². The molecule has 1 amide bonds. The monoisotopic (exact) mass is 333 g/mol. The quantitative estimate of drug-likeness (QED) is 0.715. The molecule has 10 heteroatoms. The third kappa shape index (κ3) is 3.16. The second kappa shape index (κ2) is 5.95. The predicted molar refractivity (Wildman–Crippen MR) is 83.4 cm³/mol. The SMILES string of the molecule is Cc1noc(NC(=O)CSc2nc3nc(C)c(C)c(C)n3n2)n1. The summed E-state index contributed by atoms with van der Waals surface area (Å²) in [6.07, 6.45) is 0. The van der Waals surface area contributed by atoms with Gasteiger partial charge < -0.3 is 4.52 Å². The minimum Gasteiger partial charge on any atom is -0.315 e. The van der Waals surface area contributed by atoms with Crippen LogP contribution in [0.5, 0.6) is 0 Å². The average Bonchev–Trinajstić information content (AvgIpc) is 3.09. The maximum Gasteiger partial charge on any atom is 0.328 e. The van der Waals surface area contributed by atoms with E-state index in [9.17, 15) is 4.79 Å². The number of thioether (sulfide) groups is 1. The minimum absolute atomic E-state index is 0.0832. The van der Waals surface area contributed by atoms with E-state index >= 15 is 0 Å². The van der Waals surface area contributed by atoms with Gasteiger partial charge in [0.25, 0.3) is 5.78 Å². The summed E-state index contributed by atoms with van der Waals surface area (Å²) < 4.78 is 6.51. The molecule has 0 aliphatic carbocycles. The molecule has 23 heavy (non-hydrogen) atoms. The Kier molecular flexibility index (Phi) is 3.99. The first-order valence-electron chi connectivity index (χ1n) is 6.87. The average molecular weight is 333 g/mol. The maximum atomic E-state index is 11.8. The highest BCUT2D eigenvalue weighted by Gasteiger charge is 2.13. The predicted octanol–water partition coefficient (Wildman–Crippen LogP) is 1.47. The smallest absolute Gasteiger partial charge is 0.315 e. The Hall–Kier alpha value is -2.49. The van der Waals surface area contributed by atoms with Gasteiger partial charge in [-0.05, 0) is 33.3 Å². The van der Waals surface area contributed by atoms with E-state index in [0.717, 1.165) is 17.0 Å². The molecule has 3 heterocycles. The van der Waals surface area contributed by atoms with Crippen molar-refractivity contribution in [2.45, 2.75) is 32.9 Å². The van der Waals surface area contributed by atoms with E-state index < -0.39 is 0 Å². The Morgan fingerprint density at radius 3 is 2.70 bits per heavy atom. The van der Waals surface area contributed by atoms with Crippen LogP contribution in [0, 0.1) is 27.7 Å². The lowest BCUT2D eigenvalue weighted by molar-refractivity contribution is -0.114. The molecule has 1 N–H and O–H groups in total. The number of aromatic nitrogens is 6. The number of hydrogen-bond acceptors (Lipinski definition) is 8. The molecule has 0 fully saturated rings. The molecule has 0 saturated carbocycles. The molecule has 0 atom stereocenters. The third-order valence-corrected chi connectivity index (χ3v) is 4.19. The number of carbonyl (C=O) groups excluding carboxylic acids is 1. The molecule has 0 aliphatic heterocycles. The molecular formula is C13H15N7O2S. The number of amides is 1. The van der Waals surface area contributed by atoms with Crippen molar-refractivity contribution in [1.82, 2.24) is 29.7 Å². The van der Waals surface area contributed by atoms with Crippen LogP contribution in [0.3, 0.4) is 0 Å². The maximum absolute atomic E-state index is 11.8. The van der Waals surface area contributed by atoms with Gasteiger partial charge in [0.05, 0.1) is 5.75 Å². The topological polar surface area (TPSA) is 111 Å². The van der Waals surface area contributed by atoms with Gasteiger partial charge in [-0.15, -0.1) is 5.10 Å². The number of rotatable bonds is 4. The number of nitrogens with zero attached hydrogens (tertiary/aromatic N) is 6. The van der Waals surface area contributed by atoms with Crippen molar-refractivity contribution in [1.29, 1.82) is 0 Å². The first-order chi connectivity index (χ1) is 10.9. The molecule has 3 aromatic rings. The van der Waals surface area contributed by atoms with E-state index in [1.54, 1.807) is 11.4 Å². The first kappa shape index (κ1) is 15.4. The highest BCUT2D eigenvalue weighted by Crippen LogP contribution is 2.17. The van der Waals surface area contributed by atoms with Crippen molar-refractivity contribution in [2.75, 3.05) is 11.1 Å². The van der Waals surface area contributed by atoms with Crippen molar-refractivity contribution in [3.8, 4) is 0 Å². The number of fused-ring (bicyclic) bond motifs is 1. The molecule has 9 nitrogen and oxygen atoms in total. The fourth-order valence-electron chi connectivity index (χ4n) is 1.93. The molecule has 3 aromatic heterocycles. The van der Waals surface area contributed by atoms with Gasteiger partial charge in [0.2, 0.25) is 11.1 Å². The Labute approximate surface area is 135 Å². The molecular weight excluding hydrogens is 318 g/mol. The molecule has 0 bridgehead atoms. The molecule has 0 radical (unpaired) electrons. The van der Waals surface area contributed by atoms with Gasteiger partial charge in [-0.3, -0.25) is 10.1 Å². The van der Waals surface area contributed by atoms with Gasteiger partial charge in [0, 0.05) is 11.4 Å². The fraction of sp³-hybridized carbons (Fsp3) is 0.385. The van der Waals surface area contributed by atoms with Gasteiger partial charge >= 0.3 is 6.01 Å². The summed E-state index contributed by atoms with van der Waals surface area (Å²) in [4.78, 5) is 24.5. The molecule has 0 spiro atoms. The summed E-state index contributed by atoms with van der Waals surface area (Å²) in [6.45, 7) is 7.56. The number of nitrogens with one attached hydrogen (secondary N) is 1. The van der Waals surface area contributed by atoms with E-state index in [1.807, 2.05) is 20.8 Å². The summed E-state index contributed by atoms with van der Waals surface area (Å²) >= 11 is 1.22. The molecule has 120 valence electrons. The van der Waals surface area contributed by atoms with Crippen LogP contribution in [0.15, 0.2) is 9.68 Å². The zero-order chi connectivity index (χ0) is 16.6. The van der Waals surface area contributed by atoms with Gasteiger partial charge in [-0.2, -0.15) is 9.97 Å². The molecule has 0 aromatic carbocycles. The molecule has 0 saturated heterocycles. The van der Waals surface area contributed by atoms with Crippen LogP contribution in [0.2, 0.25) is 0 Å². The van der Waals surface area contributed by atoms with E-state index in [0.29, 0.717) is 16.8 Å². The zero-order valence-electron chi connectivity index (χ0n) is 13.1. The standard InChI is InChI=1S/C13H15N7O2S/c1-6-7(2)14-11-17-13(18-20(11)8(6)3)23-5-10(21)16-12-15-9(4)19-22-12/h5H2,1-4H3,(H,15,16,19,21). The summed E-state index contributed by atoms with van der Waals surface area (Å²) in [6, 6.07) is 0.0832. The van der Waals surface area contributed by atoms with E-state index in [2.05, 4.69) is 30.5 Å². The first-order valence-corrected chi connectivity index (χ1v) is 7.86. The van der Waals surface area contributed by atoms with Crippen molar-refractivity contribution >= 4 is 29.5 Å². The summed E-state index contributed by atoms with van der Waals surface area (Å²) in [5.41, 5.74) is 2.98. The normalized spacial score (nSPS) is 11.1. The van der Waals surface area contributed by atoms with Crippen LogP contribution >= 0.6 is 11.8 Å². The number of anilines is 1. The van der Waals surface area contributed by atoms with Crippen LogP contribution in [0.4, 0.5) is 6.01 Å². The second-order valence-electron chi connectivity index (χ2n) is 5.00. The summed E-state index contributed by atoms with van der Waals surface area (Å²) in [5, 5.41) is 11.0. The number of aryl methyl sites for hydroxylation is 3. The van der Waals surface area contributed by atoms with Gasteiger partial charge in [0.15, 0.2) is 5.82 Å². The van der Waals surface area contributed by atoms with Crippen molar-refractivity contribution in [3.63, 3.8) is 0 Å². The molecule has 3 rings (SSSR count). The van der Waals surface area contributed by atoms with Gasteiger partial charge in [-0.1, -0.05) is 16.9 Å². The van der Waals surface area contributed by atoms with E-state index in [-0.39, 0.29) is 17.7 Å². The van der Waals surface area contributed by atoms with Crippen molar-refractivity contribution in [2.24, 2.45) is 0 Å². The largest absolute Gasteiger partial charge is 0.328 e. The number of hydrogen-bond donors (Lipinski definition) is 1. The van der Waals surface area contributed by atoms with Crippen LogP contribution in [0.25, 0.3) is 5.78 Å². The lowest BCUT2D eigenvalue weighted by Gasteiger charge is -2.04. The third-order valence-electron chi connectivity index (χ3n) is 3.35. The lowest BCUT2D eigenvalue weighted by atomic mass is 10.2. The fourth-order valence-corrected chi connectivity index (χ4v) is 2.55. The highest BCUT2D eigenvalue weighted by molar-refractivity contribution is 7.99. The second-order valence-corrected chi connectivity index (χ2v) is 5.94. The van der Waals surface area contributed by atoms with Crippen LogP contribution in [-0.4, -0.2) is 41.4 Å². The molecule has 0 aliphatic rings. The Balaban J connectivity index is 1.69. The Bertz CT molecular complexity index is 886. The minimum atomic E-state index is -0.269. The van der Waals surface area contributed by atoms with Gasteiger partial charge in [-0.25, -0.2) is 9.50 Å². The zero-order valence-corrected chi connectivity index (χ0v) is 13.9. The Morgan fingerprint density at radius 1 is 1.22 bits per heavy atom. The van der Waals surface area contributed by atoms with Gasteiger partial charge in [0.1, 0.15) is 0 Å². The van der Waals surface area contributed by atoms with E-state index in [4.69, 9.17) is 4.52 Å². The summed E-state index contributed by atoms with van der Waals surface area (Å²) in [5.74, 6) is 0.854.